The Morgan fingerprint density at radius 1 is 0.500 bits per heavy atom. The van der Waals surface area contributed by atoms with Gasteiger partial charge in [0.1, 0.15) is 13.2 Å². The summed E-state index contributed by atoms with van der Waals surface area (Å²) in [4.78, 5) is 10.0. The number of rotatable bonds is 7. The molecule has 202 valence electrons. The van der Waals surface area contributed by atoms with Gasteiger partial charge in [-0.3, -0.25) is 0 Å². The molecule has 4 aromatic carbocycles. The van der Waals surface area contributed by atoms with Gasteiger partial charge < -0.3 is 9.47 Å². The van der Waals surface area contributed by atoms with E-state index in [1.165, 1.54) is 11.1 Å². The summed E-state index contributed by atoms with van der Waals surface area (Å²) in [5.74, 6) is 2.24. The van der Waals surface area contributed by atoms with Gasteiger partial charge in [0.15, 0.2) is 0 Å². The van der Waals surface area contributed by atoms with Gasteiger partial charge in [0.25, 0.3) is 0 Å². The van der Waals surface area contributed by atoms with Gasteiger partial charge in [0.2, 0.25) is 11.8 Å². The first-order valence-electron chi connectivity index (χ1n) is 14.3. The third kappa shape index (κ3) is 5.19. The highest BCUT2D eigenvalue weighted by Crippen LogP contribution is 2.37. The molecular formula is C36H36N2O2. The van der Waals surface area contributed by atoms with Crippen molar-refractivity contribution in [1.29, 1.82) is 0 Å². The SMILES string of the molecule is CC(C)[C@H]1COC(c2ccc(-c3ccccc3)cc2-c2cc(-c3ccccc3)ccc2C2=N[C@@H](C(C)C)CO2)=N1. The van der Waals surface area contributed by atoms with Crippen LogP contribution in [0.3, 0.4) is 0 Å². The summed E-state index contributed by atoms with van der Waals surface area (Å²) >= 11 is 0. The number of hydrogen-bond donors (Lipinski definition) is 0. The minimum Gasteiger partial charge on any atom is -0.475 e. The monoisotopic (exact) mass is 528 g/mol. The normalized spacial score (nSPS) is 18.4. The third-order valence-corrected chi connectivity index (χ3v) is 7.89. The van der Waals surface area contributed by atoms with Gasteiger partial charge >= 0.3 is 0 Å². The smallest absolute Gasteiger partial charge is 0.217 e. The Kier molecular flexibility index (Phi) is 7.25. The van der Waals surface area contributed by atoms with Crippen LogP contribution in [0.1, 0.15) is 38.8 Å². The second kappa shape index (κ2) is 11.1. The molecule has 0 aromatic heterocycles. The van der Waals surface area contributed by atoms with Crippen molar-refractivity contribution < 1.29 is 9.47 Å². The summed E-state index contributed by atoms with van der Waals surface area (Å²) in [5.41, 5.74) is 8.74. The van der Waals surface area contributed by atoms with Crippen LogP contribution in [-0.2, 0) is 9.47 Å². The van der Waals surface area contributed by atoms with E-state index in [1.807, 2.05) is 12.1 Å². The number of benzene rings is 4. The minimum atomic E-state index is 0.154. The van der Waals surface area contributed by atoms with Crippen LogP contribution in [0.2, 0.25) is 0 Å². The zero-order valence-corrected chi connectivity index (χ0v) is 23.7. The lowest BCUT2D eigenvalue weighted by Crippen LogP contribution is -2.13. The second-order valence-electron chi connectivity index (χ2n) is 11.4. The van der Waals surface area contributed by atoms with Gasteiger partial charge in [-0.15, -0.1) is 0 Å². The largest absolute Gasteiger partial charge is 0.475 e. The van der Waals surface area contributed by atoms with Gasteiger partial charge in [-0.1, -0.05) is 100 Å². The lowest BCUT2D eigenvalue weighted by atomic mass is 9.89. The Hall–Kier alpha value is -4.18. The number of ether oxygens (including phenoxy) is 2. The van der Waals surface area contributed by atoms with E-state index in [0.29, 0.717) is 36.8 Å². The molecule has 6 rings (SSSR count). The van der Waals surface area contributed by atoms with E-state index in [1.54, 1.807) is 0 Å². The summed E-state index contributed by atoms with van der Waals surface area (Å²) in [5, 5.41) is 0. The lowest BCUT2D eigenvalue weighted by molar-refractivity contribution is 0.291. The fourth-order valence-corrected chi connectivity index (χ4v) is 5.28. The highest BCUT2D eigenvalue weighted by molar-refractivity contribution is 6.08. The molecule has 4 nitrogen and oxygen atoms in total. The van der Waals surface area contributed by atoms with E-state index in [4.69, 9.17) is 19.5 Å². The fourth-order valence-electron chi connectivity index (χ4n) is 5.28. The Morgan fingerprint density at radius 3 is 1.25 bits per heavy atom. The molecule has 4 heteroatoms. The summed E-state index contributed by atoms with van der Waals surface area (Å²) in [6, 6.07) is 34.5. The van der Waals surface area contributed by atoms with E-state index in [-0.39, 0.29) is 12.1 Å². The maximum Gasteiger partial charge on any atom is 0.217 e. The maximum absolute atomic E-state index is 6.24. The highest BCUT2D eigenvalue weighted by atomic mass is 16.5. The predicted octanol–water partition coefficient (Wildman–Crippen LogP) is 8.29. The molecule has 0 radical (unpaired) electrons. The van der Waals surface area contributed by atoms with Gasteiger partial charge in [0, 0.05) is 11.1 Å². The minimum absolute atomic E-state index is 0.154. The van der Waals surface area contributed by atoms with E-state index < -0.39 is 0 Å². The van der Waals surface area contributed by atoms with Crippen LogP contribution in [0.25, 0.3) is 33.4 Å². The van der Waals surface area contributed by atoms with Crippen molar-refractivity contribution in [2.24, 2.45) is 21.8 Å². The third-order valence-electron chi connectivity index (χ3n) is 7.89. The molecule has 0 saturated carbocycles. The topological polar surface area (TPSA) is 43.2 Å². The van der Waals surface area contributed by atoms with Crippen molar-refractivity contribution in [3.8, 4) is 33.4 Å². The van der Waals surface area contributed by atoms with Crippen LogP contribution in [0, 0.1) is 11.8 Å². The summed E-state index contributed by atoms with van der Waals surface area (Å²) < 4.78 is 12.5. The first kappa shape index (κ1) is 26.1. The maximum atomic E-state index is 6.24. The molecule has 2 heterocycles. The molecule has 0 aliphatic carbocycles. The van der Waals surface area contributed by atoms with Crippen LogP contribution in [0.5, 0.6) is 0 Å². The standard InChI is InChI=1S/C36H36N2O2/c1-23(2)33-21-39-35(37-33)29-17-15-27(25-11-7-5-8-12-25)19-31(29)32-20-28(26-13-9-6-10-14-26)16-18-30(32)36-38-34(22-40-36)24(3)4/h5-20,23-24,33-34H,21-22H2,1-4H3/t33-,34-/m1/s1. The fraction of sp³-hybridized carbons (Fsp3) is 0.278. The number of nitrogens with zero attached hydrogens (tertiary/aromatic N) is 2. The molecular weight excluding hydrogens is 492 g/mol. The van der Waals surface area contributed by atoms with Crippen molar-refractivity contribution >= 4 is 11.8 Å². The van der Waals surface area contributed by atoms with Gasteiger partial charge in [-0.25, -0.2) is 9.98 Å². The molecule has 0 spiro atoms. The van der Waals surface area contributed by atoms with Crippen molar-refractivity contribution in [2.75, 3.05) is 13.2 Å². The molecule has 2 aliphatic heterocycles. The molecule has 2 atom stereocenters. The van der Waals surface area contributed by atoms with Crippen molar-refractivity contribution in [1.82, 2.24) is 0 Å². The van der Waals surface area contributed by atoms with E-state index in [2.05, 4.69) is 113 Å². The number of hydrogen-bond acceptors (Lipinski definition) is 4. The zero-order valence-electron chi connectivity index (χ0n) is 23.7. The Bertz CT molecular complexity index is 1440. The lowest BCUT2D eigenvalue weighted by Gasteiger charge is -2.17. The van der Waals surface area contributed by atoms with Crippen LogP contribution in [0.4, 0.5) is 0 Å². The molecule has 0 N–H and O–H groups in total. The molecule has 0 bridgehead atoms. The highest BCUT2D eigenvalue weighted by Gasteiger charge is 2.28. The van der Waals surface area contributed by atoms with Crippen LogP contribution in [-0.4, -0.2) is 37.1 Å². The average Bonchev–Trinajstić information content (AvgIpc) is 3.69. The van der Waals surface area contributed by atoms with Gasteiger partial charge in [-0.2, -0.15) is 0 Å². The zero-order chi connectivity index (χ0) is 27.6. The first-order valence-corrected chi connectivity index (χ1v) is 14.3. The van der Waals surface area contributed by atoms with Crippen molar-refractivity contribution in [3.05, 3.63) is 108 Å². The summed E-state index contributed by atoms with van der Waals surface area (Å²) in [6.45, 7) is 10.00. The molecule has 0 fully saturated rings. The molecule has 0 amide bonds. The van der Waals surface area contributed by atoms with Gasteiger partial charge in [-0.05, 0) is 69.5 Å². The van der Waals surface area contributed by atoms with E-state index in [0.717, 1.165) is 33.4 Å². The molecule has 4 aromatic rings. The Morgan fingerprint density at radius 2 is 0.900 bits per heavy atom. The van der Waals surface area contributed by atoms with E-state index in [9.17, 15) is 0 Å². The average molecular weight is 529 g/mol. The predicted molar refractivity (Wildman–Crippen MR) is 165 cm³/mol. The summed E-state index contributed by atoms with van der Waals surface area (Å²) in [7, 11) is 0. The quantitative estimate of drug-likeness (QED) is 0.242. The molecule has 40 heavy (non-hydrogen) atoms. The van der Waals surface area contributed by atoms with Gasteiger partial charge in [0.05, 0.1) is 12.1 Å². The van der Waals surface area contributed by atoms with Crippen molar-refractivity contribution in [3.63, 3.8) is 0 Å². The van der Waals surface area contributed by atoms with Crippen molar-refractivity contribution in [2.45, 2.75) is 39.8 Å². The number of aliphatic imine (C=N–C) groups is 2. The molecule has 2 aliphatic rings. The summed E-state index contributed by atoms with van der Waals surface area (Å²) in [6.07, 6.45) is 0. The molecule has 0 unspecified atom stereocenters. The second-order valence-corrected chi connectivity index (χ2v) is 11.4. The van der Waals surface area contributed by atoms with E-state index >= 15 is 0 Å². The van der Waals surface area contributed by atoms with Crippen LogP contribution >= 0.6 is 0 Å². The Labute approximate surface area is 237 Å². The first-order chi connectivity index (χ1) is 19.5. The van der Waals surface area contributed by atoms with Crippen LogP contribution in [0.15, 0.2) is 107 Å². The molecule has 0 saturated heterocycles. The Balaban J connectivity index is 1.58. The van der Waals surface area contributed by atoms with Crippen LogP contribution < -0.4 is 0 Å².